The van der Waals surface area contributed by atoms with Gasteiger partial charge >= 0.3 is 0 Å². The number of amides is 1. The Morgan fingerprint density at radius 1 is 1.25 bits per heavy atom. The van der Waals surface area contributed by atoms with E-state index in [1.165, 1.54) is 0 Å². The number of fused-ring (bicyclic) bond motifs is 1. The summed E-state index contributed by atoms with van der Waals surface area (Å²) < 4.78 is 7.10. The van der Waals surface area contributed by atoms with Crippen LogP contribution >= 0.6 is 12.6 Å². The van der Waals surface area contributed by atoms with Gasteiger partial charge in [-0.1, -0.05) is 6.92 Å². The second kappa shape index (κ2) is 6.87. The van der Waals surface area contributed by atoms with Crippen molar-refractivity contribution in [3.05, 3.63) is 41.5 Å². The molecule has 0 spiro atoms. The molecule has 0 radical (unpaired) electrons. The number of anilines is 1. The Morgan fingerprint density at radius 3 is 2.75 bits per heavy atom. The van der Waals surface area contributed by atoms with Gasteiger partial charge in [0.05, 0.1) is 24.8 Å². The number of methoxy groups -OCH3 is 1. The molecular weight excluding hydrogens is 376 g/mol. The molecule has 0 aliphatic carbocycles. The van der Waals surface area contributed by atoms with Crippen molar-refractivity contribution in [1.82, 2.24) is 14.8 Å². The van der Waals surface area contributed by atoms with Crippen molar-refractivity contribution in [1.29, 1.82) is 0 Å². The van der Waals surface area contributed by atoms with Gasteiger partial charge in [0.15, 0.2) is 11.0 Å². The van der Waals surface area contributed by atoms with Gasteiger partial charge in [0.2, 0.25) is 5.91 Å². The molecule has 7 nitrogen and oxygen atoms in total. The molecule has 1 aliphatic rings. The highest BCUT2D eigenvalue weighted by Gasteiger charge is 2.25. The van der Waals surface area contributed by atoms with Crippen LogP contribution in [0, 0.1) is 0 Å². The average molecular weight is 396 g/mol. The molecule has 0 saturated heterocycles. The van der Waals surface area contributed by atoms with Gasteiger partial charge < -0.3 is 14.7 Å². The van der Waals surface area contributed by atoms with Crippen LogP contribution in [0.4, 0.5) is 5.69 Å². The number of nitrogens with zero attached hydrogens (tertiary/aromatic N) is 4. The predicted octanol–water partition coefficient (Wildman–Crippen LogP) is 3.02. The number of rotatable bonds is 4. The first kappa shape index (κ1) is 18.4. The number of phenols is 1. The lowest BCUT2D eigenvalue weighted by atomic mass is 10.1. The molecule has 3 aromatic rings. The minimum atomic E-state index is 0.0482. The highest BCUT2D eigenvalue weighted by molar-refractivity contribution is 7.80. The monoisotopic (exact) mass is 396 g/mol. The molecule has 1 aromatic heterocycles. The van der Waals surface area contributed by atoms with Crippen LogP contribution in [-0.2, 0) is 17.6 Å². The standard InChI is InChI=1S/C20H20N4O3S/c1-4-11-8-14(16(25)10-17(11)27-3)19-21-22-20(28)24(19)13-5-6-15-12(7-13)9-18(26)23(15)2/h5-8,10,25H,4,9H2,1-3H3,(H,22,28). The van der Waals surface area contributed by atoms with Crippen LogP contribution in [0.1, 0.15) is 18.1 Å². The maximum absolute atomic E-state index is 12.0. The summed E-state index contributed by atoms with van der Waals surface area (Å²) in [5, 5.41) is 19.3. The third kappa shape index (κ3) is 2.80. The van der Waals surface area contributed by atoms with Gasteiger partial charge in [-0.3, -0.25) is 9.36 Å². The Kier molecular flexibility index (Phi) is 4.50. The van der Waals surface area contributed by atoms with E-state index in [1.54, 1.807) is 29.7 Å². The lowest BCUT2D eigenvalue weighted by Crippen LogP contribution is -2.20. The number of phenolic OH excluding ortho intramolecular Hbond substituents is 1. The number of aryl methyl sites for hydroxylation is 1. The van der Waals surface area contributed by atoms with Crippen molar-refractivity contribution in [2.45, 2.75) is 24.9 Å². The SMILES string of the molecule is CCc1cc(-c2nnc(S)n2-c2ccc3c(c2)CC(=O)N3C)c(O)cc1OC. The van der Waals surface area contributed by atoms with E-state index in [9.17, 15) is 9.90 Å². The largest absolute Gasteiger partial charge is 0.507 e. The number of hydrogen-bond donors (Lipinski definition) is 2. The Bertz CT molecular complexity index is 1090. The lowest BCUT2D eigenvalue weighted by molar-refractivity contribution is -0.117. The summed E-state index contributed by atoms with van der Waals surface area (Å²) in [5.41, 5.74) is 4.10. The fraction of sp³-hybridized carbons (Fsp3) is 0.250. The second-order valence-electron chi connectivity index (χ2n) is 6.64. The first-order chi connectivity index (χ1) is 13.4. The summed E-state index contributed by atoms with van der Waals surface area (Å²) >= 11 is 4.45. The number of hydrogen-bond acceptors (Lipinski definition) is 6. The van der Waals surface area contributed by atoms with Crippen molar-refractivity contribution < 1.29 is 14.6 Å². The molecule has 0 atom stereocenters. The molecule has 144 valence electrons. The first-order valence-electron chi connectivity index (χ1n) is 8.89. The lowest BCUT2D eigenvalue weighted by Gasteiger charge is -2.14. The van der Waals surface area contributed by atoms with Crippen molar-refractivity contribution in [2.75, 3.05) is 19.1 Å². The fourth-order valence-corrected chi connectivity index (χ4v) is 3.80. The molecule has 8 heteroatoms. The minimum Gasteiger partial charge on any atom is -0.507 e. The van der Waals surface area contributed by atoms with Crippen LogP contribution in [-0.4, -0.2) is 39.9 Å². The first-order valence-corrected chi connectivity index (χ1v) is 9.33. The van der Waals surface area contributed by atoms with Crippen LogP contribution in [0.15, 0.2) is 35.5 Å². The molecule has 4 rings (SSSR count). The van der Waals surface area contributed by atoms with E-state index in [1.807, 2.05) is 31.2 Å². The number of ether oxygens (including phenoxy) is 1. The topological polar surface area (TPSA) is 80.5 Å². The molecule has 0 saturated carbocycles. The average Bonchev–Trinajstić information content (AvgIpc) is 3.20. The van der Waals surface area contributed by atoms with Gasteiger partial charge in [-0.2, -0.15) is 0 Å². The molecule has 28 heavy (non-hydrogen) atoms. The molecule has 2 heterocycles. The van der Waals surface area contributed by atoms with Gasteiger partial charge in [0.25, 0.3) is 0 Å². The third-order valence-electron chi connectivity index (χ3n) is 5.06. The predicted molar refractivity (Wildman–Crippen MR) is 109 cm³/mol. The van der Waals surface area contributed by atoms with Gasteiger partial charge in [-0.25, -0.2) is 0 Å². The van der Waals surface area contributed by atoms with E-state index in [0.29, 0.717) is 28.7 Å². The number of benzene rings is 2. The number of thiol groups is 1. The molecular formula is C20H20N4O3S. The Balaban J connectivity index is 1.87. The summed E-state index contributed by atoms with van der Waals surface area (Å²) in [6.45, 7) is 2.02. The van der Waals surface area contributed by atoms with Crippen molar-refractivity contribution in [3.63, 3.8) is 0 Å². The summed E-state index contributed by atoms with van der Waals surface area (Å²) in [5.74, 6) is 1.20. The van der Waals surface area contributed by atoms with Crippen LogP contribution in [0.5, 0.6) is 11.5 Å². The molecule has 1 N–H and O–H groups in total. The number of carbonyl (C=O) groups excluding carboxylic acids is 1. The highest BCUT2D eigenvalue weighted by Crippen LogP contribution is 2.37. The van der Waals surface area contributed by atoms with Gasteiger partial charge in [-0.15, -0.1) is 22.8 Å². The third-order valence-corrected chi connectivity index (χ3v) is 5.35. The quantitative estimate of drug-likeness (QED) is 0.663. The van der Waals surface area contributed by atoms with E-state index in [-0.39, 0.29) is 11.7 Å². The van der Waals surface area contributed by atoms with Crippen LogP contribution in [0.25, 0.3) is 17.1 Å². The number of aromatic hydroxyl groups is 1. The summed E-state index contributed by atoms with van der Waals surface area (Å²) in [6.07, 6.45) is 1.10. The van der Waals surface area contributed by atoms with Crippen molar-refractivity contribution in [3.8, 4) is 28.6 Å². The maximum atomic E-state index is 12.0. The highest BCUT2D eigenvalue weighted by atomic mass is 32.1. The zero-order chi connectivity index (χ0) is 20.0. The summed E-state index contributed by atoms with van der Waals surface area (Å²) in [4.78, 5) is 13.6. The van der Waals surface area contributed by atoms with Gasteiger partial charge in [0, 0.05) is 18.8 Å². The van der Waals surface area contributed by atoms with E-state index in [0.717, 1.165) is 28.9 Å². The van der Waals surface area contributed by atoms with Gasteiger partial charge in [0.1, 0.15) is 11.5 Å². The van der Waals surface area contributed by atoms with Crippen LogP contribution < -0.4 is 9.64 Å². The molecule has 1 aliphatic heterocycles. The van der Waals surface area contributed by atoms with Gasteiger partial charge in [-0.05, 0) is 41.8 Å². The smallest absolute Gasteiger partial charge is 0.231 e. The Hall–Kier alpha value is -3.00. The van der Waals surface area contributed by atoms with E-state index in [4.69, 9.17) is 4.74 Å². The van der Waals surface area contributed by atoms with E-state index >= 15 is 0 Å². The fourth-order valence-electron chi connectivity index (χ4n) is 3.54. The van der Waals surface area contributed by atoms with E-state index in [2.05, 4.69) is 22.8 Å². The number of carbonyl (C=O) groups is 1. The zero-order valence-electron chi connectivity index (χ0n) is 15.8. The van der Waals surface area contributed by atoms with Crippen LogP contribution in [0.3, 0.4) is 0 Å². The van der Waals surface area contributed by atoms with Crippen LogP contribution in [0.2, 0.25) is 0 Å². The van der Waals surface area contributed by atoms with Crippen molar-refractivity contribution in [2.24, 2.45) is 0 Å². The minimum absolute atomic E-state index is 0.0482. The Morgan fingerprint density at radius 2 is 2.04 bits per heavy atom. The zero-order valence-corrected chi connectivity index (χ0v) is 16.7. The van der Waals surface area contributed by atoms with E-state index < -0.39 is 0 Å². The molecule has 0 fully saturated rings. The summed E-state index contributed by atoms with van der Waals surface area (Å²) in [6, 6.07) is 9.17. The maximum Gasteiger partial charge on any atom is 0.231 e. The number of likely N-dealkylation sites (N-methyl/N-ethyl adjacent to an activating group) is 1. The summed E-state index contributed by atoms with van der Waals surface area (Å²) in [7, 11) is 3.34. The molecule has 0 unspecified atom stereocenters. The Labute approximate surface area is 168 Å². The van der Waals surface area contributed by atoms with Crippen molar-refractivity contribution >= 4 is 24.2 Å². The normalized spacial score (nSPS) is 13.1. The number of aromatic nitrogens is 3. The second-order valence-corrected chi connectivity index (χ2v) is 7.04. The molecule has 1 amide bonds. The molecule has 2 aromatic carbocycles. The molecule has 0 bridgehead atoms.